The number of amides is 3. The summed E-state index contributed by atoms with van der Waals surface area (Å²) in [6.45, 7) is 12.5. The Labute approximate surface area is 242 Å². The number of carbonyl (C=O) groups excluding carboxylic acids is 3. The number of halogens is 2. The van der Waals surface area contributed by atoms with Gasteiger partial charge in [-0.15, -0.1) is 24.9 Å². The van der Waals surface area contributed by atoms with E-state index >= 15 is 0 Å². The maximum absolute atomic E-state index is 14.5. The second-order valence-electron chi connectivity index (χ2n) is 10.1. The van der Waals surface area contributed by atoms with Crippen LogP contribution in [0.15, 0.2) is 43.5 Å². The third kappa shape index (κ3) is 4.63. The Balaban J connectivity index is 1.81. The molecule has 1 aromatic rings. The minimum absolute atomic E-state index is 0.0152. The molecule has 0 aromatic heterocycles. The molecule has 2 bridgehead atoms. The van der Waals surface area contributed by atoms with Gasteiger partial charge in [-0.2, -0.15) is 0 Å². The number of hydrogen-bond donors (Lipinski definition) is 1. The Bertz CT molecular complexity index is 1120. The lowest BCUT2D eigenvalue weighted by molar-refractivity contribution is -0.144. The van der Waals surface area contributed by atoms with Gasteiger partial charge in [0.05, 0.1) is 33.9 Å². The topological polar surface area (TPSA) is 81.2 Å². The molecule has 0 aliphatic carbocycles. The second kappa shape index (κ2) is 11.7. The predicted octanol–water partition coefficient (Wildman–Crippen LogP) is 4.05. The van der Waals surface area contributed by atoms with Crippen LogP contribution in [0.5, 0.6) is 0 Å². The molecule has 3 heterocycles. The highest BCUT2D eigenvalue weighted by molar-refractivity contribution is 9.09. The summed E-state index contributed by atoms with van der Waals surface area (Å²) in [7, 11) is 0. The summed E-state index contributed by atoms with van der Waals surface area (Å²) in [5.74, 6) is -1.81. The third-order valence-electron chi connectivity index (χ3n) is 7.84. The zero-order chi connectivity index (χ0) is 27.8. The molecule has 1 aromatic carbocycles. The van der Waals surface area contributed by atoms with E-state index in [0.29, 0.717) is 30.2 Å². The number of aliphatic hydroxyl groups excluding tert-OH is 1. The van der Waals surface area contributed by atoms with Crippen molar-refractivity contribution in [3.05, 3.63) is 54.1 Å². The van der Waals surface area contributed by atoms with E-state index in [0.717, 1.165) is 12.0 Å². The molecule has 4 rings (SSSR count). The number of anilines is 1. The highest BCUT2D eigenvalue weighted by Crippen LogP contribution is 2.68. The number of thioether (sulfide) groups is 1. The van der Waals surface area contributed by atoms with Gasteiger partial charge in [0, 0.05) is 36.3 Å². The Morgan fingerprint density at radius 1 is 1.29 bits per heavy atom. The van der Waals surface area contributed by atoms with Crippen LogP contribution in [0.3, 0.4) is 0 Å². The van der Waals surface area contributed by atoms with Crippen LogP contribution in [-0.2, 0) is 14.4 Å². The van der Waals surface area contributed by atoms with Gasteiger partial charge in [0.15, 0.2) is 0 Å². The van der Waals surface area contributed by atoms with Crippen molar-refractivity contribution in [3.8, 4) is 0 Å². The van der Waals surface area contributed by atoms with E-state index in [1.165, 1.54) is 4.90 Å². The van der Waals surface area contributed by atoms with Crippen LogP contribution in [-0.4, -0.2) is 86.3 Å². The summed E-state index contributed by atoms with van der Waals surface area (Å²) in [5, 5.41) is 10.2. The monoisotopic (exact) mass is 623 g/mol. The largest absolute Gasteiger partial charge is 0.395 e. The summed E-state index contributed by atoms with van der Waals surface area (Å²) in [6.07, 6.45) is 4.70. The highest BCUT2D eigenvalue weighted by atomic mass is 79.9. The van der Waals surface area contributed by atoms with E-state index in [4.69, 9.17) is 11.6 Å². The quantitative estimate of drug-likeness (QED) is 0.297. The van der Waals surface area contributed by atoms with Gasteiger partial charge in [-0.1, -0.05) is 58.7 Å². The van der Waals surface area contributed by atoms with Crippen molar-refractivity contribution in [1.82, 2.24) is 9.80 Å². The number of fused-ring (bicyclic) bond motifs is 1. The van der Waals surface area contributed by atoms with Crippen LogP contribution in [0.4, 0.5) is 5.69 Å². The van der Waals surface area contributed by atoms with Gasteiger partial charge < -0.3 is 19.8 Å². The standard InChI is InChI=1S/C28H35BrClN3O4S/c1-5-11-31(12-6-2)25(35)20-21-26(36)33(14-15-34)24(28(21)16-18(29)23(20)38-28)27(37)32(13-7-3)22-17(4)9-8-10-19(22)30/h5,7-10,18,20-21,23-24,34H,1,3,6,11-16H2,2,4H3/t18?,20-,21-,23-,24?,28?/m0/s1. The molecule has 1 spiro atoms. The lowest BCUT2D eigenvalue weighted by Gasteiger charge is -2.38. The average Bonchev–Trinajstić information content (AvgIpc) is 3.46. The number of aliphatic hydroxyl groups is 1. The zero-order valence-corrected chi connectivity index (χ0v) is 25.0. The molecule has 38 heavy (non-hydrogen) atoms. The fraction of sp³-hybridized carbons (Fsp3) is 0.536. The molecule has 3 fully saturated rings. The van der Waals surface area contributed by atoms with Gasteiger partial charge in [-0.05, 0) is 31.4 Å². The molecular formula is C28H35BrClN3O4S. The van der Waals surface area contributed by atoms with E-state index in [1.807, 2.05) is 26.0 Å². The predicted molar refractivity (Wildman–Crippen MR) is 157 cm³/mol. The van der Waals surface area contributed by atoms with Crippen LogP contribution in [0.25, 0.3) is 0 Å². The first kappa shape index (κ1) is 29.2. The number of benzene rings is 1. The van der Waals surface area contributed by atoms with Crippen LogP contribution in [0.1, 0.15) is 25.3 Å². The fourth-order valence-corrected chi connectivity index (χ4v) is 10.4. The first-order valence-electron chi connectivity index (χ1n) is 13.0. The first-order chi connectivity index (χ1) is 18.2. The molecule has 6 atom stereocenters. The molecule has 3 saturated heterocycles. The second-order valence-corrected chi connectivity index (χ2v) is 13.3. The number of aryl methyl sites for hydroxylation is 1. The van der Waals surface area contributed by atoms with Crippen molar-refractivity contribution in [3.63, 3.8) is 0 Å². The number of carbonyl (C=O) groups is 3. The number of para-hydroxylation sites is 1. The molecule has 10 heteroatoms. The molecule has 206 valence electrons. The van der Waals surface area contributed by atoms with E-state index < -0.39 is 22.6 Å². The molecule has 3 aliphatic rings. The zero-order valence-electron chi connectivity index (χ0n) is 21.8. The maximum atomic E-state index is 14.5. The Morgan fingerprint density at radius 3 is 2.61 bits per heavy atom. The first-order valence-corrected chi connectivity index (χ1v) is 15.2. The normalized spacial score (nSPS) is 29.3. The van der Waals surface area contributed by atoms with Crippen molar-refractivity contribution >= 4 is 62.7 Å². The number of nitrogens with zero attached hydrogens (tertiary/aromatic N) is 3. The number of rotatable bonds is 11. The Kier molecular flexibility index (Phi) is 9.02. The Hall–Kier alpha value is -1.81. The Morgan fingerprint density at radius 2 is 2.00 bits per heavy atom. The van der Waals surface area contributed by atoms with E-state index in [2.05, 4.69) is 29.1 Å². The van der Waals surface area contributed by atoms with Crippen LogP contribution >= 0.6 is 39.3 Å². The van der Waals surface area contributed by atoms with Gasteiger partial charge in [-0.3, -0.25) is 14.4 Å². The van der Waals surface area contributed by atoms with Gasteiger partial charge in [0.1, 0.15) is 6.04 Å². The number of hydrogen-bond acceptors (Lipinski definition) is 5. The third-order valence-corrected chi connectivity index (χ3v) is 11.4. The number of alkyl halides is 1. The number of β-amino-alcohol motifs (C(OH)–C–C–N with tert-alkyl or cyclic N) is 1. The molecule has 1 N–H and O–H groups in total. The average molecular weight is 625 g/mol. The van der Waals surface area contributed by atoms with E-state index in [9.17, 15) is 19.5 Å². The van der Waals surface area contributed by atoms with Crippen molar-refractivity contribution in [2.75, 3.05) is 37.7 Å². The summed E-state index contributed by atoms with van der Waals surface area (Å²) in [4.78, 5) is 47.4. The van der Waals surface area contributed by atoms with Crippen LogP contribution in [0, 0.1) is 18.8 Å². The fourth-order valence-electron chi connectivity index (χ4n) is 6.50. The molecule has 7 nitrogen and oxygen atoms in total. The van der Waals surface area contributed by atoms with Crippen molar-refractivity contribution in [2.45, 2.75) is 47.6 Å². The maximum Gasteiger partial charge on any atom is 0.251 e. The summed E-state index contributed by atoms with van der Waals surface area (Å²) >= 11 is 12.0. The minimum Gasteiger partial charge on any atom is -0.395 e. The number of likely N-dealkylation sites (tertiary alicyclic amines) is 1. The SMILES string of the molecule is C=CCN(CCC)C(=O)[C@H]1[C@H]2C(=O)N(CCO)C(C(=O)N(CC=C)c3c(C)cccc3Cl)C23CC(Br)[C@@H]1S3. The minimum atomic E-state index is -0.852. The van der Waals surface area contributed by atoms with Crippen LogP contribution in [0.2, 0.25) is 5.02 Å². The van der Waals surface area contributed by atoms with Crippen molar-refractivity contribution < 1.29 is 19.5 Å². The van der Waals surface area contributed by atoms with Gasteiger partial charge >= 0.3 is 0 Å². The van der Waals surface area contributed by atoms with Crippen molar-refractivity contribution in [1.29, 1.82) is 0 Å². The van der Waals surface area contributed by atoms with Gasteiger partial charge in [0.2, 0.25) is 11.8 Å². The summed E-state index contributed by atoms with van der Waals surface area (Å²) in [6, 6.07) is 4.60. The van der Waals surface area contributed by atoms with Gasteiger partial charge in [0.25, 0.3) is 5.91 Å². The summed E-state index contributed by atoms with van der Waals surface area (Å²) in [5.41, 5.74) is 1.41. The van der Waals surface area contributed by atoms with E-state index in [1.54, 1.807) is 39.8 Å². The van der Waals surface area contributed by atoms with E-state index in [-0.39, 0.29) is 47.5 Å². The smallest absolute Gasteiger partial charge is 0.251 e. The molecule has 3 amide bonds. The summed E-state index contributed by atoms with van der Waals surface area (Å²) < 4.78 is -0.802. The lowest BCUT2D eigenvalue weighted by Crippen LogP contribution is -2.56. The molecule has 0 saturated carbocycles. The van der Waals surface area contributed by atoms with Gasteiger partial charge in [-0.25, -0.2) is 0 Å². The molecule has 3 unspecified atom stereocenters. The molecular weight excluding hydrogens is 590 g/mol. The molecule has 0 radical (unpaired) electrons. The molecule has 3 aliphatic heterocycles. The lowest BCUT2D eigenvalue weighted by atomic mass is 9.70. The highest BCUT2D eigenvalue weighted by Gasteiger charge is 2.76. The van der Waals surface area contributed by atoms with Crippen LogP contribution < -0.4 is 4.90 Å². The van der Waals surface area contributed by atoms with Crippen molar-refractivity contribution in [2.24, 2.45) is 11.8 Å².